The first kappa shape index (κ1) is 12.7. The van der Waals surface area contributed by atoms with Crippen molar-refractivity contribution in [3.63, 3.8) is 0 Å². The van der Waals surface area contributed by atoms with Gasteiger partial charge in [0.15, 0.2) is 6.10 Å². The molecule has 2 N–H and O–H groups in total. The second-order valence-corrected chi connectivity index (χ2v) is 4.17. The highest BCUT2D eigenvalue weighted by atomic mass is 16.5. The smallest absolute Gasteiger partial charge is 0.260 e. The Bertz CT molecular complexity index is 434. The minimum atomic E-state index is -0.517. The van der Waals surface area contributed by atoms with Gasteiger partial charge in [-0.2, -0.15) is 0 Å². The van der Waals surface area contributed by atoms with Gasteiger partial charge in [-0.25, -0.2) is 0 Å². The molecular formula is C13H18N2O3. The van der Waals surface area contributed by atoms with Gasteiger partial charge in [-0.15, -0.1) is 0 Å². The molecule has 0 aromatic heterocycles. The van der Waals surface area contributed by atoms with Gasteiger partial charge in [0.25, 0.3) is 5.91 Å². The molecule has 0 bridgehead atoms. The van der Waals surface area contributed by atoms with E-state index < -0.39 is 6.10 Å². The van der Waals surface area contributed by atoms with Crippen LogP contribution in [0.5, 0.6) is 11.5 Å². The highest BCUT2D eigenvalue weighted by Crippen LogP contribution is 2.26. The third-order valence-electron chi connectivity index (χ3n) is 2.82. The van der Waals surface area contributed by atoms with Gasteiger partial charge in [0.1, 0.15) is 18.1 Å². The van der Waals surface area contributed by atoms with E-state index in [9.17, 15) is 4.79 Å². The maximum atomic E-state index is 11.4. The van der Waals surface area contributed by atoms with E-state index in [1.54, 1.807) is 14.0 Å². The number of hydrogen-bond acceptors (Lipinski definition) is 4. The summed E-state index contributed by atoms with van der Waals surface area (Å²) in [4.78, 5) is 11.4. The fraction of sp³-hybridized carbons (Fsp3) is 0.462. The van der Waals surface area contributed by atoms with Crippen molar-refractivity contribution in [2.75, 3.05) is 20.2 Å². The van der Waals surface area contributed by atoms with Crippen molar-refractivity contribution in [1.29, 1.82) is 0 Å². The van der Waals surface area contributed by atoms with Crippen LogP contribution in [0.1, 0.15) is 12.5 Å². The molecule has 5 nitrogen and oxygen atoms in total. The molecule has 0 spiro atoms. The fourth-order valence-electron chi connectivity index (χ4n) is 1.81. The maximum Gasteiger partial charge on any atom is 0.260 e. The van der Waals surface area contributed by atoms with Gasteiger partial charge in [0.2, 0.25) is 0 Å². The summed E-state index contributed by atoms with van der Waals surface area (Å²) in [7, 11) is 1.59. The molecule has 1 heterocycles. The molecule has 0 aliphatic carbocycles. The predicted octanol–water partition coefficient (Wildman–Crippen LogP) is 0.682. The van der Waals surface area contributed by atoms with Crippen molar-refractivity contribution in [2.45, 2.75) is 19.6 Å². The highest BCUT2D eigenvalue weighted by Gasteiger charge is 2.14. The average Bonchev–Trinajstić information content (AvgIpc) is 2.62. The van der Waals surface area contributed by atoms with Crippen LogP contribution in [0.3, 0.4) is 0 Å². The monoisotopic (exact) mass is 250 g/mol. The number of nitrogens with one attached hydrogen (secondary N) is 2. The lowest BCUT2D eigenvalue weighted by Gasteiger charge is -2.15. The summed E-state index contributed by atoms with van der Waals surface area (Å²) in [6.45, 7) is 3.98. The SMILES string of the molecule is CNC(=O)C(C)Oc1ccc2c(c1)OCCNC2. The first-order valence-electron chi connectivity index (χ1n) is 6.05. The number of amides is 1. The van der Waals surface area contributed by atoms with E-state index in [0.29, 0.717) is 12.4 Å². The van der Waals surface area contributed by atoms with Gasteiger partial charge in [0, 0.05) is 31.8 Å². The number of benzene rings is 1. The number of fused-ring (bicyclic) bond motifs is 1. The van der Waals surface area contributed by atoms with Crippen molar-refractivity contribution >= 4 is 5.91 Å². The van der Waals surface area contributed by atoms with Crippen LogP contribution in [0.25, 0.3) is 0 Å². The van der Waals surface area contributed by atoms with Gasteiger partial charge >= 0.3 is 0 Å². The van der Waals surface area contributed by atoms with Gasteiger partial charge < -0.3 is 20.1 Å². The minimum absolute atomic E-state index is 0.146. The molecule has 0 saturated heterocycles. The molecule has 1 atom stereocenters. The average molecular weight is 250 g/mol. The summed E-state index contributed by atoms with van der Waals surface area (Å²) in [6.07, 6.45) is -0.517. The van der Waals surface area contributed by atoms with E-state index in [-0.39, 0.29) is 5.91 Å². The zero-order valence-corrected chi connectivity index (χ0v) is 10.7. The molecule has 1 aliphatic heterocycles. The summed E-state index contributed by atoms with van der Waals surface area (Å²) in [5.41, 5.74) is 1.10. The van der Waals surface area contributed by atoms with Crippen LogP contribution < -0.4 is 20.1 Å². The van der Waals surface area contributed by atoms with Gasteiger partial charge in [0.05, 0.1) is 0 Å². The van der Waals surface area contributed by atoms with E-state index in [2.05, 4.69) is 10.6 Å². The zero-order valence-electron chi connectivity index (χ0n) is 10.7. The third kappa shape index (κ3) is 2.92. The lowest BCUT2D eigenvalue weighted by molar-refractivity contribution is -0.126. The van der Waals surface area contributed by atoms with Crippen molar-refractivity contribution in [1.82, 2.24) is 10.6 Å². The van der Waals surface area contributed by atoms with Crippen LogP contribution in [0, 0.1) is 0 Å². The van der Waals surface area contributed by atoms with Gasteiger partial charge in [-0.3, -0.25) is 4.79 Å². The molecule has 0 saturated carbocycles. The largest absolute Gasteiger partial charge is 0.492 e. The second-order valence-electron chi connectivity index (χ2n) is 4.17. The summed E-state index contributed by atoms with van der Waals surface area (Å²) >= 11 is 0. The van der Waals surface area contributed by atoms with Crippen LogP contribution in [0.4, 0.5) is 0 Å². The second kappa shape index (κ2) is 5.73. The Morgan fingerprint density at radius 1 is 1.56 bits per heavy atom. The molecule has 1 aromatic carbocycles. The van der Waals surface area contributed by atoms with Crippen molar-refractivity contribution in [3.8, 4) is 11.5 Å². The Balaban J connectivity index is 2.10. The molecule has 1 aromatic rings. The van der Waals surface area contributed by atoms with Crippen molar-refractivity contribution < 1.29 is 14.3 Å². The normalized spacial score (nSPS) is 15.9. The van der Waals surface area contributed by atoms with Crippen molar-refractivity contribution in [3.05, 3.63) is 23.8 Å². The number of hydrogen-bond donors (Lipinski definition) is 2. The number of ether oxygens (including phenoxy) is 2. The standard InChI is InChI=1S/C13H18N2O3/c1-9(13(16)14-2)18-11-4-3-10-8-15-5-6-17-12(10)7-11/h3-4,7,9,15H,5-6,8H2,1-2H3,(H,14,16). The molecule has 0 fully saturated rings. The van der Waals surface area contributed by atoms with Gasteiger partial charge in [-0.1, -0.05) is 6.07 Å². The van der Waals surface area contributed by atoms with Crippen LogP contribution in [0.2, 0.25) is 0 Å². The summed E-state index contributed by atoms with van der Waals surface area (Å²) in [5.74, 6) is 1.32. The van der Waals surface area contributed by atoms with Crippen LogP contribution in [-0.2, 0) is 11.3 Å². The quantitative estimate of drug-likeness (QED) is 0.828. The molecule has 5 heteroatoms. The summed E-state index contributed by atoms with van der Waals surface area (Å²) in [6, 6.07) is 5.65. The number of carbonyl (C=O) groups is 1. The number of carbonyl (C=O) groups excluding carboxylic acids is 1. The summed E-state index contributed by atoms with van der Waals surface area (Å²) < 4.78 is 11.2. The first-order valence-corrected chi connectivity index (χ1v) is 6.05. The van der Waals surface area contributed by atoms with E-state index in [1.807, 2.05) is 18.2 Å². The minimum Gasteiger partial charge on any atom is -0.492 e. The molecule has 98 valence electrons. The number of likely N-dealkylation sites (N-methyl/N-ethyl adjacent to an activating group) is 1. The lowest BCUT2D eigenvalue weighted by Crippen LogP contribution is -2.33. The molecule has 1 aliphatic rings. The number of rotatable bonds is 3. The van der Waals surface area contributed by atoms with Crippen LogP contribution >= 0.6 is 0 Å². The first-order chi connectivity index (χ1) is 8.70. The molecule has 1 unspecified atom stereocenters. The van der Waals surface area contributed by atoms with Crippen molar-refractivity contribution in [2.24, 2.45) is 0 Å². The third-order valence-corrected chi connectivity index (χ3v) is 2.82. The zero-order chi connectivity index (χ0) is 13.0. The highest BCUT2D eigenvalue weighted by molar-refractivity contribution is 5.80. The Morgan fingerprint density at radius 3 is 3.17 bits per heavy atom. The van der Waals surface area contributed by atoms with Crippen LogP contribution in [0.15, 0.2) is 18.2 Å². The Kier molecular flexibility index (Phi) is 4.04. The molecule has 0 radical (unpaired) electrons. The van der Waals surface area contributed by atoms with E-state index in [4.69, 9.17) is 9.47 Å². The predicted molar refractivity (Wildman–Crippen MR) is 67.8 cm³/mol. The van der Waals surface area contributed by atoms with Crippen LogP contribution in [-0.4, -0.2) is 32.2 Å². The summed E-state index contributed by atoms with van der Waals surface area (Å²) in [5, 5.41) is 5.81. The Labute approximate surface area is 106 Å². The molecule has 1 amide bonds. The van der Waals surface area contributed by atoms with E-state index >= 15 is 0 Å². The van der Waals surface area contributed by atoms with E-state index in [1.165, 1.54) is 0 Å². The Morgan fingerprint density at radius 2 is 2.39 bits per heavy atom. The topological polar surface area (TPSA) is 59.6 Å². The molecule has 2 rings (SSSR count). The lowest BCUT2D eigenvalue weighted by atomic mass is 10.2. The molecule has 18 heavy (non-hydrogen) atoms. The molecular weight excluding hydrogens is 232 g/mol. The maximum absolute atomic E-state index is 11.4. The van der Waals surface area contributed by atoms with E-state index in [0.717, 1.165) is 24.4 Å². The Hall–Kier alpha value is -1.75. The van der Waals surface area contributed by atoms with Gasteiger partial charge in [-0.05, 0) is 13.0 Å². The fourth-order valence-corrected chi connectivity index (χ4v) is 1.81.